The molecule has 6 nitrogen and oxygen atoms in total. The van der Waals surface area contributed by atoms with Crippen LogP contribution in [-0.4, -0.2) is 19.6 Å². The fraction of sp³-hybridized carbons (Fsp3) is 0.267. The van der Waals surface area contributed by atoms with Crippen molar-refractivity contribution in [2.45, 2.75) is 26.2 Å². The van der Waals surface area contributed by atoms with Gasteiger partial charge in [-0.25, -0.2) is 4.98 Å². The molecule has 0 saturated heterocycles. The van der Waals surface area contributed by atoms with E-state index in [1.54, 1.807) is 12.1 Å². The molecule has 23 heavy (non-hydrogen) atoms. The zero-order valence-electron chi connectivity index (χ0n) is 12.6. The molecule has 3 aromatic rings. The lowest BCUT2D eigenvalue weighted by molar-refractivity contribution is 0.769. The molecule has 1 aromatic carbocycles. The van der Waals surface area contributed by atoms with Gasteiger partial charge in [-0.3, -0.25) is 9.89 Å². The maximum absolute atomic E-state index is 12.8. The Labute approximate surface area is 142 Å². The molecule has 2 aromatic heterocycles. The third-order valence-corrected chi connectivity index (χ3v) is 4.44. The average molecular weight is 352 g/mol. The van der Waals surface area contributed by atoms with Gasteiger partial charge >= 0.3 is 0 Å². The molecule has 8 heteroatoms. The second-order valence-corrected chi connectivity index (χ2v) is 6.35. The molecule has 0 saturated carbocycles. The zero-order chi connectivity index (χ0) is 16.7. The van der Waals surface area contributed by atoms with Gasteiger partial charge in [-0.15, -0.1) is 0 Å². The molecule has 120 valence electrons. The lowest BCUT2D eigenvalue weighted by Crippen LogP contribution is -2.24. The molecule has 0 unspecified atom stereocenters. The highest BCUT2D eigenvalue weighted by atomic mass is 35.5. The number of nitrogen functional groups attached to an aromatic ring is 1. The van der Waals surface area contributed by atoms with Gasteiger partial charge in [-0.05, 0) is 17.5 Å². The quantitative estimate of drug-likeness (QED) is 0.758. The monoisotopic (exact) mass is 351 g/mol. The molecule has 0 amide bonds. The standard InChI is InChI=1S/C15H15Cl2N5O/c1-7(2)12-9(6-8-4-3-5-10(16)11(8)17)13(23)22-15(19-12)20-14(18)21-22/h3-5,7H,6H2,1-2H3,(H3,18,19,20,21). The maximum Gasteiger partial charge on any atom is 0.277 e. The minimum atomic E-state index is -0.237. The van der Waals surface area contributed by atoms with E-state index < -0.39 is 0 Å². The highest BCUT2D eigenvalue weighted by molar-refractivity contribution is 6.42. The van der Waals surface area contributed by atoms with Crippen molar-refractivity contribution >= 4 is 34.9 Å². The first-order valence-electron chi connectivity index (χ1n) is 7.08. The number of halogens is 2. The Hall–Kier alpha value is -2.05. The lowest BCUT2D eigenvalue weighted by atomic mass is 9.99. The number of nitrogens with two attached hydrogens (primary N) is 1. The van der Waals surface area contributed by atoms with E-state index in [1.807, 2.05) is 19.9 Å². The van der Waals surface area contributed by atoms with Crippen molar-refractivity contribution in [2.75, 3.05) is 5.73 Å². The highest BCUT2D eigenvalue weighted by Crippen LogP contribution is 2.28. The highest BCUT2D eigenvalue weighted by Gasteiger charge is 2.19. The first-order chi connectivity index (χ1) is 10.9. The lowest BCUT2D eigenvalue weighted by Gasteiger charge is -2.12. The number of nitrogens with one attached hydrogen (secondary N) is 1. The second-order valence-electron chi connectivity index (χ2n) is 5.57. The number of rotatable bonds is 3. The number of H-pyrrole nitrogens is 1. The topological polar surface area (TPSA) is 89.1 Å². The molecular formula is C15H15Cl2N5O. The Morgan fingerprint density at radius 3 is 2.74 bits per heavy atom. The number of anilines is 1. The van der Waals surface area contributed by atoms with Crippen LogP contribution in [0.1, 0.15) is 36.6 Å². The van der Waals surface area contributed by atoms with Crippen LogP contribution in [0.4, 0.5) is 5.95 Å². The molecule has 0 aliphatic carbocycles. The van der Waals surface area contributed by atoms with Crippen molar-refractivity contribution in [2.24, 2.45) is 0 Å². The Morgan fingerprint density at radius 2 is 2.04 bits per heavy atom. The first kappa shape index (κ1) is 15.8. The molecule has 2 heterocycles. The van der Waals surface area contributed by atoms with Crippen LogP contribution in [0, 0.1) is 0 Å². The van der Waals surface area contributed by atoms with Crippen LogP contribution in [0.3, 0.4) is 0 Å². The summed E-state index contributed by atoms with van der Waals surface area (Å²) in [6.07, 6.45) is 0.334. The van der Waals surface area contributed by atoms with Crippen molar-refractivity contribution in [3.8, 4) is 0 Å². The summed E-state index contributed by atoms with van der Waals surface area (Å²) in [6.45, 7) is 3.94. The predicted octanol–water partition coefficient (Wildman–Crippen LogP) is 3.02. The Balaban J connectivity index is 2.22. The van der Waals surface area contributed by atoms with Gasteiger partial charge in [0.1, 0.15) is 0 Å². The van der Waals surface area contributed by atoms with E-state index in [9.17, 15) is 4.79 Å². The van der Waals surface area contributed by atoms with Gasteiger partial charge < -0.3 is 5.73 Å². The fourth-order valence-electron chi connectivity index (χ4n) is 2.50. The van der Waals surface area contributed by atoms with Crippen molar-refractivity contribution in [1.82, 2.24) is 19.6 Å². The number of hydrogen-bond donors (Lipinski definition) is 2. The van der Waals surface area contributed by atoms with Crippen LogP contribution in [0.5, 0.6) is 0 Å². The Bertz CT molecular complexity index is 945. The van der Waals surface area contributed by atoms with Gasteiger partial charge in [0.25, 0.3) is 11.3 Å². The number of nitrogens with zero attached hydrogens (tertiary/aromatic N) is 3. The van der Waals surface area contributed by atoms with Crippen molar-refractivity contribution in [1.29, 1.82) is 0 Å². The van der Waals surface area contributed by atoms with E-state index >= 15 is 0 Å². The van der Waals surface area contributed by atoms with Gasteiger partial charge in [0, 0.05) is 12.0 Å². The van der Waals surface area contributed by atoms with Crippen molar-refractivity contribution < 1.29 is 0 Å². The van der Waals surface area contributed by atoms with Crippen LogP contribution < -0.4 is 11.3 Å². The van der Waals surface area contributed by atoms with E-state index in [2.05, 4.69) is 15.1 Å². The van der Waals surface area contributed by atoms with Gasteiger partial charge in [0.2, 0.25) is 5.95 Å². The number of benzene rings is 1. The van der Waals surface area contributed by atoms with Gasteiger partial charge in [-0.1, -0.05) is 49.2 Å². The molecule has 3 N–H and O–H groups in total. The third-order valence-electron chi connectivity index (χ3n) is 3.58. The summed E-state index contributed by atoms with van der Waals surface area (Å²) >= 11 is 12.3. The first-order valence-corrected chi connectivity index (χ1v) is 7.84. The molecule has 0 aliphatic heterocycles. The van der Waals surface area contributed by atoms with Gasteiger partial charge in [-0.2, -0.15) is 9.50 Å². The van der Waals surface area contributed by atoms with Crippen LogP contribution >= 0.6 is 23.2 Å². The smallest absolute Gasteiger partial charge is 0.277 e. The minimum Gasteiger partial charge on any atom is -0.368 e. The second kappa shape index (κ2) is 5.86. The predicted molar refractivity (Wildman–Crippen MR) is 91.4 cm³/mol. The van der Waals surface area contributed by atoms with Crippen molar-refractivity contribution in [3.63, 3.8) is 0 Å². The molecule has 3 rings (SSSR count). The van der Waals surface area contributed by atoms with Crippen LogP contribution in [0.2, 0.25) is 10.0 Å². The normalized spacial score (nSPS) is 11.5. The van der Waals surface area contributed by atoms with Gasteiger partial charge in [0.05, 0.1) is 15.7 Å². The SMILES string of the molecule is CC(C)c1nc2nc(N)[nH]n2c(=O)c1Cc1cccc(Cl)c1Cl. The third kappa shape index (κ3) is 2.80. The van der Waals surface area contributed by atoms with Crippen molar-refractivity contribution in [3.05, 3.63) is 55.4 Å². The molecule has 0 radical (unpaired) electrons. The summed E-state index contributed by atoms with van der Waals surface area (Å²) in [6, 6.07) is 5.35. The zero-order valence-corrected chi connectivity index (χ0v) is 14.1. The van der Waals surface area contributed by atoms with E-state index in [-0.39, 0.29) is 23.2 Å². The molecule has 0 bridgehead atoms. The summed E-state index contributed by atoms with van der Waals surface area (Å²) in [5.41, 5.74) is 7.39. The van der Waals surface area contributed by atoms with Crippen LogP contribution in [0.15, 0.2) is 23.0 Å². The Morgan fingerprint density at radius 1 is 1.30 bits per heavy atom. The van der Waals surface area contributed by atoms with E-state index in [0.717, 1.165) is 5.56 Å². The summed E-state index contributed by atoms with van der Waals surface area (Å²) in [5, 5.41) is 3.59. The van der Waals surface area contributed by atoms with Gasteiger partial charge in [0.15, 0.2) is 0 Å². The van der Waals surface area contributed by atoms with E-state index in [4.69, 9.17) is 28.9 Å². The molecule has 0 fully saturated rings. The molecule has 0 spiro atoms. The summed E-state index contributed by atoms with van der Waals surface area (Å²) in [7, 11) is 0. The van der Waals surface area contributed by atoms with Crippen LogP contribution in [-0.2, 0) is 6.42 Å². The van der Waals surface area contributed by atoms with E-state index in [0.29, 0.717) is 27.7 Å². The summed E-state index contributed by atoms with van der Waals surface area (Å²) in [4.78, 5) is 21.3. The average Bonchev–Trinajstić information content (AvgIpc) is 2.87. The minimum absolute atomic E-state index is 0.0542. The summed E-state index contributed by atoms with van der Waals surface area (Å²) < 4.78 is 1.25. The Kier molecular flexibility index (Phi) is 4.04. The number of hydrogen-bond acceptors (Lipinski definition) is 4. The number of fused-ring (bicyclic) bond motifs is 1. The summed E-state index contributed by atoms with van der Waals surface area (Å²) in [5.74, 6) is 0.456. The molecule has 0 aliphatic rings. The largest absolute Gasteiger partial charge is 0.368 e. The maximum atomic E-state index is 12.8. The van der Waals surface area contributed by atoms with E-state index in [1.165, 1.54) is 4.52 Å². The number of aromatic nitrogens is 4. The fourth-order valence-corrected chi connectivity index (χ4v) is 2.89. The molecular weight excluding hydrogens is 337 g/mol. The number of aromatic amines is 1. The molecule has 0 atom stereocenters. The van der Waals surface area contributed by atoms with Crippen LogP contribution in [0.25, 0.3) is 5.78 Å².